The standard InChI is InChI=1S/C19H17ClN2O/c1-12-3-8-18-15(9-12)10-16(19(23)22-18)11-21-13(2)14-4-6-17(20)7-5-14/h3-11,13H,1-2H3,(H,22,23). The van der Waals surface area contributed by atoms with Crippen LogP contribution in [0.4, 0.5) is 0 Å². The molecular weight excluding hydrogens is 308 g/mol. The van der Waals surface area contributed by atoms with Crippen molar-refractivity contribution in [2.24, 2.45) is 4.99 Å². The molecular formula is C19H17ClN2O. The van der Waals surface area contributed by atoms with Gasteiger partial charge >= 0.3 is 0 Å². The summed E-state index contributed by atoms with van der Waals surface area (Å²) in [5.41, 5.74) is 3.47. The molecule has 1 unspecified atom stereocenters. The number of halogens is 1. The maximum Gasteiger partial charge on any atom is 0.257 e. The molecule has 0 aliphatic rings. The van der Waals surface area contributed by atoms with Crippen LogP contribution in [0.25, 0.3) is 10.9 Å². The molecule has 4 heteroatoms. The van der Waals surface area contributed by atoms with Crippen molar-refractivity contribution < 1.29 is 0 Å². The van der Waals surface area contributed by atoms with Gasteiger partial charge in [0.2, 0.25) is 0 Å². The van der Waals surface area contributed by atoms with Gasteiger partial charge in [0, 0.05) is 16.8 Å². The third-order valence-electron chi connectivity index (χ3n) is 3.82. The molecule has 0 aliphatic carbocycles. The second-order valence-electron chi connectivity index (χ2n) is 5.65. The van der Waals surface area contributed by atoms with E-state index in [-0.39, 0.29) is 11.6 Å². The van der Waals surface area contributed by atoms with E-state index in [0.717, 1.165) is 22.0 Å². The van der Waals surface area contributed by atoms with E-state index in [1.54, 1.807) is 6.21 Å². The number of nitrogens with one attached hydrogen (secondary N) is 1. The Balaban J connectivity index is 1.92. The second-order valence-corrected chi connectivity index (χ2v) is 6.09. The van der Waals surface area contributed by atoms with Gasteiger partial charge in [0.05, 0.1) is 11.6 Å². The monoisotopic (exact) mass is 324 g/mol. The van der Waals surface area contributed by atoms with Gasteiger partial charge in [0.15, 0.2) is 0 Å². The molecule has 0 saturated heterocycles. The topological polar surface area (TPSA) is 45.2 Å². The predicted molar refractivity (Wildman–Crippen MR) is 96.8 cm³/mol. The molecule has 1 heterocycles. The normalized spacial score (nSPS) is 12.8. The number of H-pyrrole nitrogens is 1. The van der Waals surface area contributed by atoms with E-state index in [1.807, 2.05) is 62.4 Å². The first kappa shape index (κ1) is 15.5. The number of hydrogen-bond donors (Lipinski definition) is 1. The van der Waals surface area contributed by atoms with Crippen LogP contribution in [-0.2, 0) is 0 Å². The summed E-state index contributed by atoms with van der Waals surface area (Å²) in [5, 5.41) is 1.71. The number of aromatic nitrogens is 1. The Morgan fingerprint density at radius 1 is 1.13 bits per heavy atom. The minimum absolute atomic E-state index is 0.0418. The fourth-order valence-electron chi connectivity index (χ4n) is 2.46. The van der Waals surface area contributed by atoms with E-state index in [9.17, 15) is 4.79 Å². The minimum Gasteiger partial charge on any atom is -0.321 e. The molecule has 0 amide bonds. The Bertz CT molecular complexity index is 926. The van der Waals surface area contributed by atoms with Crippen molar-refractivity contribution in [2.45, 2.75) is 19.9 Å². The van der Waals surface area contributed by atoms with Crippen LogP contribution in [0.3, 0.4) is 0 Å². The van der Waals surface area contributed by atoms with Crippen molar-refractivity contribution >= 4 is 28.7 Å². The molecule has 23 heavy (non-hydrogen) atoms. The number of rotatable bonds is 3. The summed E-state index contributed by atoms with van der Waals surface area (Å²) in [6.45, 7) is 4.01. The van der Waals surface area contributed by atoms with Gasteiger partial charge in [-0.2, -0.15) is 0 Å². The van der Waals surface area contributed by atoms with Gasteiger partial charge in [0.1, 0.15) is 0 Å². The van der Waals surface area contributed by atoms with Gasteiger partial charge in [-0.25, -0.2) is 0 Å². The predicted octanol–water partition coefficient (Wildman–Crippen LogP) is 4.67. The van der Waals surface area contributed by atoms with Crippen LogP contribution in [0.2, 0.25) is 5.02 Å². The lowest BCUT2D eigenvalue weighted by atomic mass is 10.1. The molecule has 1 aromatic heterocycles. The van der Waals surface area contributed by atoms with Crippen LogP contribution < -0.4 is 5.56 Å². The molecule has 3 rings (SSSR count). The minimum atomic E-state index is -0.131. The van der Waals surface area contributed by atoms with E-state index in [0.29, 0.717) is 10.6 Å². The molecule has 1 N–H and O–H groups in total. The number of hydrogen-bond acceptors (Lipinski definition) is 2. The Morgan fingerprint density at radius 3 is 2.61 bits per heavy atom. The average Bonchev–Trinajstić information content (AvgIpc) is 2.53. The lowest BCUT2D eigenvalue weighted by molar-refractivity contribution is 0.825. The van der Waals surface area contributed by atoms with Gasteiger partial charge in [-0.15, -0.1) is 0 Å². The third-order valence-corrected chi connectivity index (χ3v) is 4.07. The first-order valence-electron chi connectivity index (χ1n) is 7.45. The van der Waals surface area contributed by atoms with Crippen LogP contribution in [0.15, 0.2) is 58.3 Å². The van der Waals surface area contributed by atoms with Gasteiger partial charge in [0.25, 0.3) is 5.56 Å². The van der Waals surface area contributed by atoms with Crippen molar-refractivity contribution in [1.29, 1.82) is 0 Å². The van der Waals surface area contributed by atoms with Gasteiger partial charge in [-0.05, 0) is 55.1 Å². The Labute approximate surface area is 139 Å². The highest BCUT2D eigenvalue weighted by Crippen LogP contribution is 2.19. The molecule has 116 valence electrons. The number of aryl methyl sites for hydroxylation is 1. The quantitative estimate of drug-likeness (QED) is 0.699. The number of benzene rings is 2. The van der Waals surface area contributed by atoms with E-state index >= 15 is 0 Å². The largest absolute Gasteiger partial charge is 0.321 e. The highest BCUT2D eigenvalue weighted by molar-refractivity contribution is 6.30. The molecule has 0 spiro atoms. The van der Waals surface area contributed by atoms with Crippen LogP contribution in [-0.4, -0.2) is 11.2 Å². The fraction of sp³-hybridized carbons (Fsp3) is 0.158. The Kier molecular flexibility index (Phi) is 4.30. The molecule has 3 nitrogen and oxygen atoms in total. The first-order valence-corrected chi connectivity index (χ1v) is 7.83. The summed E-state index contributed by atoms with van der Waals surface area (Å²) in [6.07, 6.45) is 1.64. The Morgan fingerprint density at radius 2 is 1.87 bits per heavy atom. The molecule has 3 aromatic rings. The van der Waals surface area contributed by atoms with Crippen LogP contribution >= 0.6 is 11.6 Å². The van der Waals surface area contributed by atoms with E-state index in [2.05, 4.69) is 9.98 Å². The zero-order valence-corrected chi connectivity index (χ0v) is 13.8. The fourth-order valence-corrected chi connectivity index (χ4v) is 2.58. The van der Waals surface area contributed by atoms with E-state index in [4.69, 9.17) is 11.6 Å². The highest BCUT2D eigenvalue weighted by atomic mass is 35.5. The van der Waals surface area contributed by atoms with E-state index in [1.165, 1.54) is 0 Å². The summed E-state index contributed by atoms with van der Waals surface area (Å²) in [7, 11) is 0. The third kappa shape index (κ3) is 3.51. The number of pyridine rings is 1. The number of fused-ring (bicyclic) bond motifs is 1. The number of aliphatic imine (C=N–C) groups is 1. The SMILES string of the molecule is Cc1ccc2[nH]c(=O)c(C=NC(C)c3ccc(Cl)cc3)cc2c1. The van der Waals surface area contributed by atoms with Crippen molar-refractivity contribution in [1.82, 2.24) is 4.98 Å². The first-order chi connectivity index (χ1) is 11.0. The van der Waals surface area contributed by atoms with Gasteiger partial charge in [-0.1, -0.05) is 35.4 Å². The summed E-state index contributed by atoms with van der Waals surface area (Å²) in [6, 6.07) is 15.3. The molecule has 0 radical (unpaired) electrons. The zero-order valence-electron chi connectivity index (χ0n) is 13.0. The average molecular weight is 325 g/mol. The molecule has 0 saturated carbocycles. The summed E-state index contributed by atoms with van der Waals surface area (Å²) >= 11 is 5.89. The second kappa shape index (κ2) is 6.39. The molecule has 2 aromatic carbocycles. The summed E-state index contributed by atoms with van der Waals surface area (Å²) in [4.78, 5) is 19.5. The van der Waals surface area contributed by atoms with Crippen molar-refractivity contribution in [2.75, 3.05) is 0 Å². The highest BCUT2D eigenvalue weighted by Gasteiger charge is 2.04. The lowest BCUT2D eigenvalue weighted by Gasteiger charge is -2.06. The van der Waals surface area contributed by atoms with Crippen molar-refractivity contribution in [3.05, 3.63) is 80.6 Å². The van der Waals surface area contributed by atoms with Crippen LogP contribution in [0.1, 0.15) is 29.7 Å². The van der Waals surface area contributed by atoms with E-state index < -0.39 is 0 Å². The van der Waals surface area contributed by atoms with Crippen LogP contribution in [0.5, 0.6) is 0 Å². The zero-order chi connectivity index (χ0) is 16.4. The Hall–Kier alpha value is -2.39. The smallest absolute Gasteiger partial charge is 0.257 e. The molecule has 0 aliphatic heterocycles. The van der Waals surface area contributed by atoms with Crippen LogP contribution in [0, 0.1) is 6.92 Å². The summed E-state index contributed by atoms with van der Waals surface area (Å²) in [5.74, 6) is 0. The maximum absolute atomic E-state index is 12.1. The van der Waals surface area contributed by atoms with Gasteiger partial charge < -0.3 is 4.98 Å². The van der Waals surface area contributed by atoms with Crippen molar-refractivity contribution in [3.8, 4) is 0 Å². The summed E-state index contributed by atoms with van der Waals surface area (Å²) < 4.78 is 0. The number of aromatic amines is 1. The molecule has 1 atom stereocenters. The maximum atomic E-state index is 12.1. The van der Waals surface area contributed by atoms with Gasteiger partial charge in [-0.3, -0.25) is 9.79 Å². The molecule has 0 fully saturated rings. The number of nitrogens with zero attached hydrogens (tertiary/aromatic N) is 1. The molecule has 0 bridgehead atoms. The van der Waals surface area contributed by atoms with Crippen molar-refractivity contribution in [3.63, 3.8) is 0 Å². The lowest BCUT2D eigenvalue weighted by Crippen LogP contribution is -2.12.